The average Bonchev–Trinajstić information content (AvgIpc) is 3.40. The highest BCUT2D eigenvalue weighted by atomic mass is 28.3. The summed E-state index contributed by atoms with van der Waals surface area (Å²) in [5.74, 6) is -0.125. The molecule has 35 heavy (non-hydrogen) atoms. The van der Waals surface area contributed by atoms with Gasteiger partial charge in [0.05, 0.1) is 31.6 Å². The maximum atomic E-state index is 14.3. The first-order valence-electron chi connectivity index (χ1n) is 11.5. The van der Waals surface area contributed by atoms with E-state index in [0.29, 0.717) is 11.5 Å². The van der Waals surface area contributed by atoms with Crippen molar-refractivity contribution in [2.24, 2.45) is 5.92 Å². The van der Waals surface area contributed by atoms with Gasteiger partial charge in [0.25, 0.3) is 5.92 Å². The van der Waals surface area contributed by atoms with Crippen LogP contribution in [0.5, 0.6) is 0 Å². The summed E-state index contributed by atoms with van der Waals surface area (Å²) in [6, 6.07) is 6.81. The van der Waals surface area contributed by atoms with E-state index in [0.717, 1.165) is 11.1 Å². The van der Waals surface area contributed by atoms with Gasteiger partial charge >= 0.3 is 6.09 Å². The lowest BCUT2D eigenvalue weighted by Crippen LogP contribution is -2.36. The molecule has 0 bridgehead atoms. The van der Waals surface area contributed by atoms with Gasteiger partial charge in [0, 0.05) is 24.9 Å². The Morgan fingerprint density at radius 2 is 2.00 bits per heavy atom. The number of rotatable bonds is 6. The number of aromatic nitrogens is 2. The zero-order valence-electron chi connectivity index (χ0n) is 20.7. The number of aromatic amines is 1. The second-order valence-corrected chi connectivity index (χ2v) is 14.8. The molecular weight excluding hydrogens is 470 g/mol. The molecule has 1 aromatic heterocycles. The molecule has 1 fully saturated rings. The SMILES string of the molecule is COC(=O)NCC(C)CC(=O)N1CC(F)(F)CC1c1ncc(-c2ccc(C#C[Si](C)(C)C)cc2)[nH]1. The van der Waals surface area contributed by atoms with E-state index in [1.807, 2.05) is 24.3 Å². The summed E-state index contributed by atoms with van der Waals surface area (Å²) in [5, 5.41) is 2.52. The van der Waals surface area contributed by atoms with Crippen molar-refractivity contribution in [3.63, 3.8) is 0 Å². The summed E-state index contributed by atoms with van der Waals surface area (Å²) in [5.41, 5.74) is 5.78. The Hall–Kier alpha value is -3.19. The molecule has 2 heterocycles. The van der Waals surface area contributed by atoms with E-state index < -0.39 is 45.0 Å². The van der Waals surface area contributed by atoms with Crippen LogP contribution in [-0.2, 0) is 9.53 Å². The van der Waals surface area contributed by atoms with E-state index in [-0.39, 0.29) is 18.9 Å². The largest absolute Gasteiger partial charge is 0.453 e. The molecule has 2 amide bonds. The number of likely N-dealkylation sites (tertiary alicyclic amines) is 1. The molecule has 2 N–H and O–H groups in total. The van der Waals surface area contributed by atoms with Crippen LogP contribution in [0.4, 0.5) is 13.6 Å². The van der Waals surface area contributed by atoms with Crippen molar-refractivity contribution in [2.75, 3.05) is 20.2 Å². The predicted octanol–water partition coefficient (Wildman–Crippen LogP) is 4.60. The number of H-pyrrole nitrogens is 1. The minimum atomic E-state index is -3.00. The van der Waals surface area contributed by atoms with Crippen LogP contribution in [0.15, 0.2) is 30.5 Å². The third-order valence-corrected chi connectivity index (χ3v) is 6.46. The van der Waals surface area contributed by atoms with Gasteiger partial charge in [-0.25, -0.2) is 18.6 Å². The maximum Gasteiger partial charge on any atom is 0.406 e. The molecule has 0 radical (unpaired) electrons. The Bertz CT molecular complexity index is 1120. The number of halogens is 2. The molecule has 1 aliphatic heterocycles. The summed E-state index contributed by atoms with van der Waals surface area (Å²) in [6.07, 6.45) is 0.518. The Labute approximate surface area is 205 Å². The monoisotopic (exact) mass is 502 g/mol. The number of hydrogen-bond donors (Lipinski definition) is 2. The number of methoxy groups -OCH3 is 1. The van der Waals surface area contributed by atoms with Crippen molar-refractivity contribution in [2.45, 2.75) is 51.4 Å². The molecule has 10 heteroatoms. The molecule has 2 unspecified atom stereocenters. The Kier molecular flexibility index (Phi) is 8.00. The molecule has 1 saturated heterocycles. The number of nitrogens with one attached hydrogen (secondary N) is 2. The normalized spacial score (nSPS) is 17.9. The number of hydrogen-bond acceptors (Lipinski definition) is 4. The van der Waals surface area contributed by atoms with E-state index in [1.54, 1.807) is 13.1 Å². The quantitative estimate of drug-likeness (QED) is 0.447. The minimum Gasteiger partial charge on any atom is -0.453 e. The molecule has 3 rings (SSSR count). The van der Waals surface area contributed by atoms with Crippen LogP contribution < -0.4 is 5.32 Å². The lowest BCUT2D eigenvalue weighted by Gasteiger charge is -2.24. The van der Waals surface area contributed by atoms with Crippen LogP contribution in [0.1, 0.15) is 37.2 Å². The van der Waals surface area contributed by atoms with Crippen LogP contribution in [0, 0.1) is 17.4 Å². The third kappa shape index (κ3) is 7.39. The molecule has 2 aromatic rings. The van der Waals surface area contributed by atoms with E-state index >= 15 is 0 Å². The number of carbonyl (C=O) groups is 2. The summed E-state index contributed by atoms with van der Waals surface area (Å²) >= 11 is 0. The topological polar surface area (TPSA) is 87.3 Å². The van der Waals surface area contributed by atoms with Gasteiger partial charge in [-0.2, -0.15) is 0 Å². The van der Waals surface area contributed by atoms with Crippen LogP contribution >= 0.6 is 0 Å². The van der Waals surface area contributed by atoms with Crippen molar-refractivity contribution < 1.29 is 23.1 Å². The lowest BCUT2D eigenvalue weighted by atomic mass is 10.1. The van der Waals surface area contributed by atoms with E-state index in [1.165, 1.54) is 12.0 Å². The van der Waals surface area contributed by atoms with Crippen LogP contribution in [0.25, 0.3) is 11.3 Å². The molecule has 1 aromatic carbocycles. The third-order valence-electron chi connectivity index (χ3n) is 5.58. The summed E-state index contributed by atoms with van der Waals surface area (Å²) in [7, 11) is -0.227. The first kappa shape index (κ1) is 26.4. The van der Waals surface area contributed by atoms with Crippen molar-refractivity contribution in [1.82, 2.24) is 20.2 Å². The Morgan fingerprint density at radius 3 is 2.63 bits per heavy atom. The molecule has 2 atom stereocenters. The summed E-state index contributed by atoms with van der Waals surface area (Å²) in [6.45, 7) is 7.85. The number of ether oxygens (including phenoxy) is 1. The second-order valence-electron chi connectivity index (χ2n) is 10.0. The summed E-state index contributed by atoms with van der Waals surface area (Å²) < 4.78 is 33.2. The Balaban J connectivity index is 1.72. The molecule has 188 valence electrons. The maximum absolute atomic E-state index is 14.3. The summed E-state index contributed by atoms with van der Waals surface area (Å²) in [4.78, 5) is 32.8. The molecule has 1 aliphatic rings. The van der Waals surface area contributed by atoms with Gasteiger partial charge in [0.1, 0.15) is 13.9 Å². The number of amides is 2. The number of alkyl halides is 2. The number of alkyl carbamates (subject to hydrolysis) is 1. The van der Waals surface area contributed by atoms with Crippen molar-refractivity contribution in [3.05, 3.63) is 41.9 Å². The number of nitrogens with zero attached hydrogens (tertiary/aromatic N) is 2. The van der Waals surface area contributed by atoms with Gasteiger partial charge in [-0.05, 0) is 23.6 Å². The molecule has 0 saturated carbocycles. The minimum absolute atomic E-state index is 0.0179. The molecule has 0 spiro atoms. The number of carbonyl (C=O) groups excluding carboxylic acids is 2. The number of benzene rings is 1. The van der Waals surface area contributed by atoms with Gasteiger partial charge in [0.2, 0.25) is 5.91 Å². The average molecular weight is 503 g/mol. The fourth-order valence-electron chi connectivity index (χ4n) is 3.79. The van der Waals surface area contributed by atoms with Crippen molar-refractivity contribution in [3.8, 4) is 22.7 Å². The zero-order chi connectivity index (χ0) is 25.8. The smallest absolute Gasteiger partial charge is 0.406 e. The first-order chi connectivity index (χ1) is 16.4. The highest BCUT2D eigenvalue weighted by Crippen LogP contribution is 2.41. The number of imidazole rings is 1. The molecular formula is C25H32F2N4O3Si. The van der Waals surface area contributed by atoms with Crippen molar-refractivity contribution >= 4 is 20.1 Å². The standard InChI is InChI=1S/C25H32F2N4O3Si/c1-17(14-29-24(33)34-2)12-22(32)31-16-25(26,27)13-21(31)23-28-15-20(30-23)19-8-6-18(7-9-19)10-11-35(3,4)5/h6-9,15,17,21H,12-14,16H2,1-5H3,(H,28,30)(H,29,33). The van der Waals surface area contributed by atoms with Crippen LogP contribution in [0.3, 0.4) is 0 Å². The van der Waals surface area contributed by atoms with Gasteiger partial charge in [0.15, 0.2) is 0 Å². The fraction of sp³-hybridized carbons (Fsp3) is 0.480. The van der Waals surface area contributed by atoms with E-state index in [2.05, 4.69) is 51.1 Å². The van der Waals surface area contributed by atoms with Crippen molar-refractivity contribution in [1.29, 1.82) is 0 Å². The molecule has 0 aliphatic carbocycles. The Morgan fingerprint density at radius 1 is 1.31 bits per heavy atom. The van der Waals surface area contributed by atoms with Crippen LogP contribution in [0.2, 0.25) is 19.6 Å². The first-order valence-corrected chi connectivity index (χ1v) is 15.0. The fourth-order valence-corrected chi connectivity index (χ4v) is 4.31. The van der Waals surface area contributed by atoms with Gasteiger partial charge in [-0.1, -0.05) is 44.6 Å². The van der Waals surface area contributed by atoms with E-state index in [9.17, 15) is 18.4 Å². The van der Waals surface area contributed by atoms with Crippen LogP contribution in [-0.4, -0.2) is 61.1 Å². The van der Waals surface area contributed by atoms with Gasteiger partial charge < -0.3 is 19.9 Å². The zero-order valence-corrected chi connectivity index (χ0v) is 21.7. The molecule has 7 nitrogen and oxygen atoms in total. The highest BCUT2D eigenvalue weighted by Gasteiger charge is 2.48. The van der Waals surface area contributed by atoms with E-state index in [4.69, 9.17) is 0 Å². The highest BCUT2D eigenvalue weighted by molar-refractivity contribution is 6.83. The second kappa shape index (κ2) is 10.6. The predicted molar refractivity (Wildman–Crippen MR) is 132 cm³/mol. The van der Waals surface area contributed by atoms with Gasteiger partial charge in [-0.15, -0.1) is 5.54 Å². The lowest BCUT2D eigenvalue weighted by molar-refractivity contribution is -0.134. The van der Waals surface area contributed by atoms with Gasteiger partial charge in [-0.3, -0.25) is 4.79 Å².